The van der Waals surface area contributed by atoms with Gasteiger partial charge in [0, 0.05) is 40.1 Å². The van der Waals surface area contributed by atoms with Gasteiger partial charge in [-0.3, -0.25) is 14.4 Å². The summed E-state index contributed by atoms with van der Waals surface area (Å²) in [5, 5.41) is 32.4. The van der Waals surface area contributed by atoms with E-state index in [1.165, 1.54) is 6.07 Å². The molecule has 2 aromatic rings. The van der Waals surface area contributed by atoms with Crippen molar-refractivity contribution >= 4 is 17.3 Å². The quantitative estimate of drug-likeness (QED) is 0.320. The summed E-state index contributed by atoms with van der Waals surface area (Å²) in [5.41, 5.74) is 7.19. The van der Waals surface area contributed by atoms with Gasteiger partial charge >= 0.3 is 0 Å². The number of aliphatic hydroxyl groups excluding tert-OH is 1. The van der Waals surface area contributed by atoms with Gasteiger partial charge in [0.1, 0.15) is 24.2 Å². The maximum Gasteiger partial charge on any atom is 0.198 e. The number of fused-ring (bicyclic) bond motifs is 4. The smallest absolute Gasteiger partial charge is 0.198 e. The van der Waals surface area contributed by atoms with E-state index in [9.17, 15) is 29.7 Å². The average Bonchev–Trinajstić information content (AvgIpc) is 3.63. The van der Waals surface area contributed by atoms with Gasteiger partial charge in [0.05, 0.1) is 17.2 Å². The number of nitrogens with two attached hydrogens (primary N) is 1. The number of aromatic hydroxyl groups is 2. The molecule has 9 nitrogen and oxygen atoms in total. The fourth-order valence-electron chi connectivity index (χ4n) is 6.14. The van der Waals surface area contributed by atoms with Crippen LogP contribution in [0.25, 0.3) is 0 Å². The van der Waals surface area contributed by atoms with E-state index in [1.54, 1.807) is 19.1 Å². The highest BCUT2D eigenvalue weighted by molar-refractivity contribution is 6.31. The van der Waals surface area contributed by atoms with Crippen molar-refractivity contribution in [2.45, 2.75) is 56.6 Å². The molecule has 0 spiro atoms. The largest absolute Gasteiger partial charge is 0.507 e. The molecule has 35 heavy (non-hydrogen) atoms. The van der Waals surface area contributed by atoms with E-state index in [4.69, 9.17) is 15.2 Å². The summed E-state index contributed by atoms with van der Waals surface area (Å²) in [4.78, 5) is 39.5. The van der Waals surface area contributed by atoms with E-state index in [2.05, 4.69) is 0 Å². The highest BCUT2D eigenvalue weighted by atomic mass is 16.8. The molecular formula is C26H25NO8. The zero-order chi connectivity index (χ0) is 24.8. The molecule has 5 unspecified atom stereocenters. The van der Waals surface area contributed by atoms with Gasteiger partial charge < -0.3 is 30.5 Å². The number of ketones is 3. The van der Waals surface area contributed by atoms with Crippen molar-refractivity contribution in [1.29, 1.82) is 0 Å². The minimum Gasteiger partial charge on any atom is -0.507 e. The summed E-state index contributed by atoms with van der Waals surface area (Å²) in [6.07, 6.45) is -0.599. The summed E-state index contributed by atoms with van der Waals surface area (Å²) in [6.45, 7) is 1.04. The number of phenols is 2. The molecule has 6 rings (SSSR count). The predicted octanol–water partition coefficient (Wildman–Crippen LogP) is 1.23. The van der Waals surface area contributed by atoms with Crippen LogP contribution in [0.2, 0.25) is 0 Å². The second kappa shape index (κ2) is 7.69. The van der Waals surface area contributed by atoms with Gasteiger partial charge in [0.2, 0.25) is 0 Å². The number of rotatable bonds is 3. The zero-order valence-corrected chi connectivity index (χ0v) is 19.0. The van der Waals surface area contributed by atoms with E-state index in [-0.39, 0.29) is 64.1 Å². The molecule has 2 aliphatic carbocycles. The second-order valence-electron chi connectivity index (χ2n) is 9.91. The van der Waals surface area contributed by atoms with Gasteiger partial charge in [0.15, 0.2) is 23.6 Å². The molecular weight excluding hydrogens is 454 g/mol. The third-order valence-electron chi connectivity index (χ3n) is 7.93. The molecule has 2 heterocycles. The number of aryl methyl sites for hydroxylation is 1. The Balaban J connectivity index is 1.56. The summed E-state index contributed by atoms with van der Waals surface area (Å²) in [7, 11) is 0. The molecule has 182 valence electrons. The Kier molecular flexibility index (Phi) is 4.92. The normalized spacial score (nSPS) is 30.7. The number of ether oxygens (including phenoxy) is 2. The van der Waals surface area contributed by atoms with Crippen LogP contribution in [0.15, 0.2) is 18.2 Å². The lowest BCUT2D eigenvalue weighted by Crippen LogP contribution is -2.43. The van der Waals surface area contributed by atoms with Gasteiger partial charge in [-0.25, -0.2) is 0 Å². The van der Waals surface area contributed by atoms with Crippen molar-refractivity contribution in [3.8, 4) is 11.5 Å². The fraction of sp³-hybridized carbons (Fsp3) is 0.423. The molecule has 0 amide bonds. The molecule has 0 aromatic heterocycles. The Morgan fingerprint density at radius 2 is 1.80 bits per heavy atom. The third kappa shape index (κ3) is 3.12. The van der Waals surface area contributed by atoms with E-state index in [0.29, 0.717) is 12.0 Å². The van der Waals surface area contributed by atoms with Crippen molar-refractivity contribution in [3.63, 3.8) is 0 Å². The Hall–Kier alpha value is -3.11. The molecule has 5 N–H and O–H groups in total. The first-order valence-corrected chi connectivity index (χ1v) is 11.7. The molecule has 2 aromatic carbocycles. The van der Waals surface area contributed by atoms with Gasteiger partial charge in [0.25, 0.3) is 0 Å². The topological polar surface area (TPSA) is 160 Å². The number of hydrogen-bond acceptors (Lipinski definition) is 9. The molecule has 0 bridgehead atoms. The monoisotopic (exact) mass is 479 g/mol. The van der Waals surface area contributed by atoms with Crippen molar-refractivity contribution in [2.75, 3.05) is 6.61 Å². The number of carbonyl (C=O) groups excluding carboxylic acids is 3. The molecule has 4 aliphatic rings. The third-order valence-corrected chi connectivity index (χ3v) is 7.93. The number of hydrogen-bond donors (Lipinski definition) is 4. The first-order valence-electron chi connectivity index (χ1n) is 11.7. The van der Waals surface area contributed by atoms with E-state index >= 15 is 0 Å². The predicted molar refractivity (Wildman–Crippen MR) is 121 cm³/mol. The minimum absolute atomic E-state index is 0.0153. The van der Waals surface area contributed by atoms with Crippen molar-refractivity contribution in [3.05, 3.63) is 57.1 Å². The average molecular weight is 479 g/mol. The van der Waals surface area contributed by atoms with Crippen molar-refractivity contribution < 1.29 is 39.2 Å². The lowest BCUT2D eigenvalue weighted by molar-refractivity contribution is -0.126. The molecule has 6 atom stereocenters. The number of Topliss-reactive ketones (excluding diaryl/α,β-unsaturated/α-hetero) is 1. The zero-order valence-electron chi connectivity index (χ0n) is 19.0. The lowest BCUT2D eigenvalue weighted by Gasteiger charge is -2.39. The van der Waals surface area contributed by atoms with Crippen LogP contribution < -0.4 is 5.73 Å². The van der Waals surface area contributed by atoms with Crippen molar-refractivity contribution in [2.24, 2.45) is 11.7 Å². The summed E-state index contributed by atoms with van der Waals surface area (Å²) in [6, 6.07) is 4.58. The first kappa shape index (κ1) is 22.4. The Morgan fingerprint density at radius 1 is 1.06 bits per heavy atom. The molecule has 0 radical (unpaired) electrons. The standard InChI is InChI=1S/C26H25NO8/c1-9-3-2-4-11-17(9)23(32)20-19(21(11)30)22(31)13-6-10(15(29)8-28)5-12(18(13)24(20)33)16-7-14(27)25-26(34-16)35-25/h2-4,10,12,14,16,25-26,28,31,33H,5-8,27H2,1H3/t10?,12-,14?,16?,25?,26?/m1/s1. The van der Waals surface area contributed by atoms with Gasteiger partial charge in [-0.15, -0.1) is 0 Å². The van der Waals surface area contributed by atoms with Crippen LogP contribution in [0, 0.1) is 12.8 Å². The maximum absolute atomic E-state index is 13.6. The summed E-state index contributed by atoms with van der Waals surface area (Å²) in [5.74, 6) is -3.58. The highest BCUT2D eigenvalue weighted by Gasteiger charge is 2.54. The fourth-order valence-corrected chi connectivity index (χ4v) is 6.14. The molecule has 2 aliphatic heterocycles. The van der Waals surface area contributed by atoms with Crippen LogP contribution in [-0.4, -0.2) is 63.8 Å². The van der Waals surface area contributed by atoms with Crippen LogP contribution in [-0.2, 0) is 20.7 Å². The maximum atomic E-state index is 13.6. The molecule has 0 saturated carbocycles. The number of phenolic OH excluding ortho intramolecular Hbond substituents is 2. The number of aliphatic hydroxyl groups is 1. The van der Waals surface area contributed by atoms with Crippen LogP contribution in [0.4, 0.5) is 0 Å². The van der Waals surface area contributed by atoms with E-state index < -0.39 is 53.9 Å². The van der Waals surface area contributed by atoms with Gasteiger partial charge in [-0.05, 0) is 31.7 Å². The minimum atomic E-state index is -0.673. The first-order chi connectivity index (χ1) is 16.7. The highest BCUT2D eigenvalue weighted by Crippen LogP contribution is 2.53. The lowest BCUT2D eigenvalue weighted by atomic mass is 9.68. The number of epoxide rings is 1. The van der Waals surface area contributed by atoms with E-state index in [1.807, 2.05) is 0 Å². The van der Waals surface area contributed by atoms with Crippen LogP contribution in [0.1, 0.15) is 67.3 Å². The van der Waals surface area contributed by atoms with Crippen molar-refractivity contribution in [1.82, 2.24) is 0 Å². The Morgan fingerprint density at radius 3 is 2.51 bits per heavy atom. The molecule has 9 heteroatoms. The summed E-state index contributed by atoms with van der Waals surface area (Å²) < 4.78 is 11.5. The van der Waals surface area contributed by atoms with Crippen LogP contribution >= 0.6 is 0 Å². The van der Waals surface area contributed by atoms with E-state index in [0.717, 1.165) is 0 Å². The molecule has 2 fully saturated rings. The van der Waals surface area contributed by atoms with Gasteiger partial charge in [-0.2, -0.15) is 0 Å². The summed E-state index contributed by atoms with van der Waals surface area (Å²) >= 11 is 0. The number of carbonyl (C=O) groups is 3. The Bertz CT molecular complexity index is 1320. The number of benzene rings is 2. The van der Waals surface area contributed by atoms with Crippen LogP contribution in [0.3, 0.4) is 0 Å². The molecule has 2 saturated heterocycles. The van der Waals surface area contributed by atoms with Gasteiger partial charge in [-0.1, -0.05) is 18.2 Å². The second-order valence-corrected chi connectivity index (χ2v) is 9.91. The Labute approximate surface area is 200 Å². The SMILES string of the molecule is Cc1cccc2c1C(=O)c1c(O)c3c(c(O)c1C2=O)CC(C(=O)CO)C[C@@H]3C1CC(N)C2OC2O1. The van der Waals surface area contributed by atoms with Crippen LogP contribution in [0.5, 0.6) is 11.5 Å².